The number of hydrogen-bond donors (Lipinski definition) is 1. The number of halogens is 1. The zero-order valence-electron chi connectivity index (χ0n) is 18.2. The number of carbonyl (C=O) groups excluding carboxylic acids is 1. The topological polar surface area (TPSA) is 89.3 Å². The first-order valence-corrected chi connectivity index (χ1v) is 12.1. The number of hydrogen-bond acceptors (Lipinski definition) is 7. The Kier molecular flexibility index (Phi) is 6.57. The molecule has 10 heteroatoms. The average molecular weight is 496 g/mol. The van der Waals surface area contributed by atoms with E-state index in [1.807, 2.05) is 48.5 Å². The van der Waals surface area contributed by atoms with Crippen LogP contribution in [-0.4, -0.2) is 47.0 Å². The highest BCUT2D eigenvalue weighted by Gasteiger charge is 2.22. The minimum absolute atomic E-state index is 0.219. The van der Waals surface area contributed by atoms with Crippen LogP contribution in [0, 0.1) is 0 Å². The van der Waals surface area contributed by atoms with Gasteiger partial charge in [0.05, 0.1) is 17.9 Å². The predicted octanol–water partition coefficient (Wildman–Crippen LogP) is 3.33. The van der Waals surface area contributed by atoms with Crippen molar-refractivity contribution >= 4 is 44.2 Å². The van der Waals surface area contributed by atoms with Crippen molar-refractivity contribution < 1.29 is 9.53 Å². The van der Waals surface area contributed by atoms with Crippen molar-refractivity contribution in [2.24, 2.45) is 0 Å². The largest absolute Gasteiger partial charge is 0.378 e. The van der Waals surface area contributed by atoms with E-state index in [1.54, 1.807) is 6.07 Å². The average Bonchev–Trinajstić information content (AvgIpc) is 3.32. The monoisotopic (exact) mass is 495 g/mol. The third-order valence-corrected chi connectivity index (χ3v) is 7.04. The van der Waals surface area contributed by atoms with E-state index in [1.165, 1.54) is 16.0 Å². The number of aromatic nitrogens is 3. The molecule has 5 rings (SSSR count). The van der Waals surface area contributed by atoms with Crippen LogP contribution in [0.1, 0.15) is 5.56 Å². The van der Waals surface area contributed by atoms with E-state index in [0.717, 1.165) is 16.3 Å². The lowest BCUT2D eigenvalue weighted by Gasteiger charge is -2.25. The third kappa shape index (κ3) is 4.68. The van der Waals surface area contributed by atoms with E-state index in [9.17, 15) is 9.59 Å². The highest BCUT2D eigenvalue weighted by atomic mass is 35.5. The van der Waals surface area contributed by atoms with E-state index < -0.39 is 5.56 Å². The summed E-state index contributed by atoms with van der Waals surface area (Å²) in [6.45, 7) is 2.71. The zero-order chi connectivity index (χ0) is 23.5. The van der Waals surface area contributed by atoms with Crippen molar-refractivity contribution in [1.82, 2.24) is 20.1 Å². The molecule has 1 aliphatic rings. The fourth-order valence-electron chi connectivity index (χ4n) is 3.76. The summed E-state index contributed by atoms with van der Waals surface area (Å²) in [5.74, 6) is -0.337. The molecule has 4 aromatic rings. The van der Waals surface area contributed by atoms with Crippen LogP contribution in [0.2, 0.25) is 5.02 Å². The van der Waals surface area contributed by atoms with Crippen molar-refractivity contribution in [3.63, 3.8) is 0 Å². The van der Waals surface area contributed by atoms with E-state index in [0.29, 0.717) is 47.2 Å². The van der Waals surface area contributed by atoms with Gasteiger partial charge in [0.15, 0.2) is 10.6 Å². The van der Waals surface area contributed by atoms with Crippen LogP contribution in [0.4, 0.5) is 5.13 Å². The van der Waals surface area contributed by atoms with Crippen molar-refractivity contribution in [2.45, 2.75) is 13.1 Å². The Balaban J connectivity index is 1.48. The highest BCUT2D eigenvalue weighted by molar-refractivity contribution is 7.22. The van der Waals surface area contributed by atoms with Crippen molar-refractivity contribution in [3.8, 4) is 11.3 Å². The van der Waals surface area contributed by atoms with Gasteiger partial charge in [-0.25, -0.2) is 9.67 Å². The zero-order valence-corrected chi connectivity index (χ0v) is 19.8. The maximum Gasteiger partial charge on any atom is 0.294 e. The van der Waals surface area contributed by atoms with Crippen LogP contribution in [0.5, 0.6) is 0 Å². The molecule has 0 bridgehead atoms. The number of rotatable bonds is 6. The molecule has 0 radical (unpaired) electrons. The minimum Gasteiger partial charge on any atom is -0.378 e. The van der Waals surface area contributed by atoms with E-state index in [4.69, 9.17) is 16.3 Å². The van der Waals surface area contributed by atoms with Crippen LogP contribution in [0.15, 0.2) is 59.4 Å². The molecule has 8 nitrogen and oxygen atoms in total. The summed E-state index contributed by atoms with van der Waals surface area (Å²) < 4.78 is 7.34. The molecule has 0 saturated carbocycles. The molecule has 3 heterocycles. The predicted molar refractivity (Wildman–Crippen MR) is 133 cm³/mol. The summed E-state index contributed by atoms with van der Waals surface area (Å²) >= 11 is 7.62. The summed E-state index contributed by atoms with van der Waals surface area (Å²) in [6, 6.07) is 16.9. The SMILES string of the molecule is O=C(Cn1nc(-c2ccccc2)c2sc(N3CCOCC3)nc2c1=O)NCc1ccccc1Cl. The van der Waals surface area contributed by atoms with Gasteiger partial charge < -0.3 is 15.0 Å². The van der Waals surface area contributed by atoms with Gasteiger partial charge in [0.1, 0.15) is 12.2 Å². The summed E-state index contributed by atoms with van der Waals surface area (Å²) in [5.41, 5.74) is 2.21. The molecular formula is C24H22ClN5O3S. The van der Waals surface area contributed by atoms with Crippen LogP contribution in [0.3, 0.4) is 0 Å². The number of nitrogens with zero attached hydrogens (tertiary/aromatic N) is 4. The molecule has 174 valence electrons. The number of amides is 1. The first kappa shape index (κ1) is 22.5. The number of carbonyl (C=O) groups is 1. The van der Waals surface area contributed by atoms with Gasteiger partial charge in [-0.05, 0) is 11.6 Å². The van der Waals surface area contributed by atoms with Gasteiger partial charge in [-0.3, -0.25) is 9.59 Å². The standard InChI is InChI=1S/C24H22ClN5O3S/c25-18-9-5-4-8-17(18)14-26-19(31)15-30-23(32)21-22(20(28-30)16-6-2-1-3-7-16)34-24(27-21)29-10-12-33-13-11-29/h1-9H,10-15H2,(H,26,31). The van der Waals surface area contributed by atoms with Crippen molar-refractivity contribution in [2.75, 3.05) is 31.2 Å². The molecule has 0 atom stereocenters. The molecule has 0 aliphatic carbocycles. The summed E-state index contributed by atoms with van der Waals surface area (Å²) in [6.07, 6.45) is 0. The normalized spacial score (nSPS) is 13.9. The van der Waals surface area contributed by atoms with Gasteiger partial charge in [0, 0.05) is 30.2 Å². The minimum atomic E-state index is -0.390. The number of ether oxygens (including phenoxy) is 1. The molecule has 0 spiro atoms. The number of benzene rings is 2. The maximum absolute atomic E-state index is 13.3. The fourth-order valence-corrected chi connectivity index (χ4v) is 5.08. The van der Waals surface area contributed by atoms with E-state index >= 15 is 0 Å². The fraction of sp³-hybridized carbons (Fsp3) is 0.250. The lowest BCUT2D eigenvalue weighted by atomic mass is 10.1. The Morgan fingerprint density at radius 3 is 2.59 bits per heavy atom. The molecule has 2 aromatic heterocycles. The van der Waals surface area contributed by atoms with Crippen LogP contribution >= 0.6 is 22.9 Å². The van der Waals surface area contributed by atoms with Gasteiger partial charge in [-0.1, -0.05) is 71.5 Å². The Bertz CT molecular complexity index is 1380. The van der Waals surface area contributed by atoms with E-state index in [-0.39, 0.29) is 19.0 Å². The Hall–Kier alpha value is -3.27. The first-order chi connectivity index (χ1) is 16.6. The lowest BCUT2D eigenvalue weighted by Crippen LogP contribution is -2.36. The van der Waals surface area contributed by atoms with Gasteiger partial charge in [-0.2, -0.15) is 5.10 Å². The van der Waals surface area contributed by atoms with Gasteiger partial charge in [0.25, 0.3) is 5.56 Å². The first-order valence-electron chi connectivity index (χ1n) is 10.9. The summed E-state index contributed by atoms with van der Waals surface area (Å²) in [5, 5.41) is 8.74. The van der Waals surface area contributed by atoms with Gasteiger partial charge >= 0.3 is 0 Å². The lowest BCUT2D eigenvalue weighted by molar-refractivity contribution is -0.122. The smallest absolute Gasteiger partial charge is 0.294 e. The summed E-state index contributed by atoms with van der Waals surface area (Å²) in [7, 11) is 0. The molecule has 34 heavy (non-hydrogen) atoms. The molecular weight excluding hydrogens is 474 g/mol. The molecule has 1 saturated heterocycles. The second-order valence-electron chi connectivity index (χ2n) is 7.82. The van der Waals surface area contributed by atoms with Gasteiger partial charge in [-0.15, -0.1) is 0 Å². The maximum atomic E-state index is 13.3. The molecule has 0 unspecified atom stereocenters. The molecule has 1 aliphatic heterocycles. The molecule has 1 amide bonds. The second kappa shape index (κ2) is 9.92. The molecule has 1 N–H and O–H groups in total. The number of nitrogens with one attached hydrogen (secondary N) is 1. The van der Waals surface area contributed by atoms with Crippen molar-refractivity contribution in [3.05, 3.63) is 75.5 Å². The van der Waals surface area contributed by atoms with Crippen LogP contribution in [-0.2, 0) is 22.6 Å². The van der Waals surface area contributed by atoms with E-state index in [2.05, 4.69) is 20.3 Å². The highest BCUT2D eigenvalue weighted by Crippen LogP contribution is 2.33. The number of fused-ring (bicyclic) bond motifs is 1. The Morgan fingerprint density at radius 1 is 1.09 bits per heavy atom. The Morgan fingerprint density at radius 2 is 1.82 bits per heavy atom. The Labute approximate surface area is 204 Å². The van der Waals surface area contributed by atoms with Crippen LogP contribution < -0.4 is 15.8 Å². The van der Waals surface area contributed by atoms with Gasteiger partial charge in [0.2, 0.25) is 5.91 Å². The molecule has 1 fully saturated rings. The van der Waals surface area contributed by atoms with Crippen LogP contribution in [0.25, 0.3) is 21.5 Å². The quantitative estimate of drug-likeness (QED) is 0.441. The van der Waals surface area contributed by atoms with Crippen molar-refractivity contribution in [1.29, 1.82) is 0 Å². The second-order valence-corrected chi connectivity index (χ2v) is 9.20. The third-order valence-electron chi connectivity index (χ3n) is 5.54. The number of thiazole rings is 1. The number of morpholine rings is 1. The number of anilines is 1. The summed E-state index contributed by atoms with van der Waals surface area (Å²) in [4.78, 5) is 32.7. The molecule has 2 aromatic carbocycles.